The van der Waals surface area contributed by atoms with Crippen LogP contribution in [0.3, 0.4) is 0 Å². The summed E-state index contributed by atoms with van der Waals surface area (Å²) in [5, 5.41) is 0. The second kappa shape index (κ2) is 6.23. The molecule has 0 amide bonds. The molecule has 0 radical (unpaired) electrons. The summed E-state index contributed by atoms with van der Waals surface area (Å²) < 4.78 is 0. The van der Waals surface area contributed by atoms with Gasteiger partial charge in [0.05, 0.1) is 0 Å². The molecule has 0 unspecified atom stereocenters. The molecule has 0 heteroatoms. The molecule has 74 valence electrons. The molecule has 14 heavy (non-hydrogen) atoms. The van der Waals surface area contributed by atoms with E-state index >= 15 is 0 Å². The average molecular weight is 186 g/mol. The van der Waals surface area contributed by atoms with Crippen molar-refractivity contribution >= 4 is 0 Å². The van der Waals surface area contributed by atoms with Crippen LogP contribution in [0.5, 0.6) is 0 Å². The SMILES string of the molecule is C=C=CCc1ccc(CCCC)cc1. The summed E-state index contributed by atoms with van der Waals surface area (Å²) >= 11 is 0. The van der Waals surface area contributed by atoms with Gasteiger partial charge in [0.15, 0.2) is 0 Å². The molecule has 0 heterocycles. The van der Waals surface area contributed by atoms with Crippen molar-refractivity contribution in [2.24, 2.45) is 0 Å². The highest BCUT2D eigenvalue weighted by molar-refractivity contribution is 5.24. The lowest BCUT2D eigenvalue weighted by molar-refractivity contribution is 0.795. The second-order valence-corrected chi connectivity index (χ2v) is 3.53. The van der Waals surface area contributed by atoms with Crippen LogP contribution in [-0.2, 0) is 12.8 Å². The molecule has 0 aliphatic heterocycles. The first kappa shape index (κ1) is 10.8. The molecule has 0 nitrogen and oxygen atoms in total. The van der Waals surface area contributed by atoms with Crippen LogP contribution in [0.2, 0.25) is 0 Å². The summed E-state index contributed by atoms with van der Waals surface area (Å²) in [5.41, 5.74) is 5.57. The number of rotatable bonds is 5. The Kier molecular flexibility index (Phi) is 4.82. The smallest absolute Gasteiger partial charge is 0.00215 e. The predicted molar refractivity (Wildman–Crippen MR) is 62.5 cm³/mol. The molecule has 0 saturated heterocycles. The van der Waals surface area contributed by atoms with Crippen LogP contribution in [-0.4, -0.2) is 0 Å². The van der Waals surface area contributed by atoms with Gasteiger partial charge in [0, 0.05) is 0 Å². The quantitative estimate of drug-likeness (QED) is 0.611. The van der Waals surface area contributed by atoms with E-state index in [2.05, 4.69) is 43.5 Å². The number of allylic oxidation sites excluding steroid dienone is 1. The first-order valence-corrected chi connectivity index (χ1v) is 5.29. The van der Waals surface area contributed by atoms with Gasteiger partial charge in [-0.2, -0.15) is 0 Å². The van der Waals surface area contributed by atoms with E-state index < -0.39 is 0 Å². The summed E-state index contributed by atoms with van der Waals surface area (Å²) in [6, 6.07) is 8.83. The van der Waals surface area contributed by atoms with Gasteiger partial charge in [-0.25, -0.2) is 0 Å². The summed E-state index contributed by atoms with van der Waals surface area (Å²) in [4.78, 5) is 0. The maximum Gasteiger partial charge on any atom is -0.00215 e. The first-order chi connectivity index (χ1) is 6.86. The Bertz CT molecular complexity index is 299. The fraction of sp³-hybridized carbons (Fsp3) is 0.357. The van der Waals surface area contributed by atoms with Crippen molar-refractivity contribution in [3.05, 3.63) is 53.8 Å². The molecule has 0 saturated carbocycles. The Balaban J connectivity index is 2.54. The summed E-state index contributed by atoms with van der Waals surface area (Å²) in [6.45, 7) is 5.78. The highest BCUT2D eigenvalue weighted by Crippen LogP contribution is 2.08. The lowest BCUT2D eigenvalue weighted by Gasteiger charge is -2.01. The van der Waals surface area contributed by atoms with Crippen LogP contribution in [0.25, 0.3) is 0 Å². The van der Waals surface area contributed by atoms with Crippen molar-refractivity contribution in [2.45, 2.75) is 32.6 Å². The Morgan fingerprint density at radius 3 is 2.43 bits per heavy atom. The van der Waals surface area contributed by atoms with E-state index in [1.807, 2.05) is 6.08 Å². The van der Waals surface area contributed by atoms with Crippen molar-refractivity contribution in [3.8, 4) is 0 Å². The third kappa shape index (κ3) is 3.64. The molecule has 0 spiro atoms. The van der Waals surface area contributed by atoms with Crippen LogP contribution < -0.4 is 0 Å². The number of unbranched alkanes of at least 4 members (excludes halogenated alkanes) is 1. The highest BCUT2D eigenvalue weighted by atomic mass is 14.0. The molecular weight excluding hydrogens is 168 g/mol. The van der Waals surface area contributed by atoms with E-state index in [0.29, 0.717) is 0 Å². The topological polar surface area (TPSA) is 0 Å². The van der Waals surface area contributed by atoms with E-state index in [9.17, 15) is 0 Å². The van der Waals surface area contributed by atoms with Gasteiger partial charge >= 0.3 is 0 Å². The standard InChI is InChI=1S/C14H18/c1-3-5-7-13-9-11-14(12-10-13)8-6-4-2/h5,9-12H,1,4,6-8H2,2H3. The molecule has 0 aliphatic rings. The molecule has 0 bridgehead atoms. The van der Waals surface area contributed by atoms with E-state index in [1.54, 1.807) is 0 Å². The zero-order chi connectivity index (χ0) is 10.2. The largest absolute Gasteiger partial charge is 0.133 e. The monoisotopic (exact) mass is 186 g/mol. The van der Waals surface area contributed by atoms with Crippen LogP contribution >= 0.6 is 0 Å². The predicted octanol–water partition coefficient (Wildman–Crippen LogP) is 3.91. The van der Waals surface area contributed by atoms with Crippen molar-refractivity contribution < 1.29 is 0 Å². The molecule has 1 aromatic carbocycles. The van der Waals surface area contributed by atoms with Crippen LogP contribution in [0, 0.1) is 0 Å². The van der Waals surface area contributed by atoms with Crippen molar-refractivity contribution in [3.63, 3.8) is 0 Å². The zero-order valence-corrected chi connectivity index (χ0v) is 8.92. The number of hydrogen-bond acceptors (Lipinski definition) is 0. The molecule has 1 aromatic rings. The third-order valence-corrected chi connectivity index (χ3v) is 2.32. The molecule has 0 fully saturated rings. The number of hydrogen-bond donors (Lipinski definition) is 0. The lowest BCUT2D eigenvalue weighted by atomic mass is 10.1. The minimum Gasteiger partial charge on any atom is -0.133 e. The average Bonchev–Trinajstić information content (AvgIpc) is 2.25. The molecular formula is C14H18. The highest BCUT2D eigenvalue weighted by Gasteiger charge is 1.92. The molecule has 0 atom stereocenters. The Labute approximate surface area is 87.0 Å². The van der Waals surface area contributed by atoms with Crippen LogP contribution in [0.15, 0.2) is 42.7 Å². The maximum atomic E-state index is 3.55. The van der Waals surface area contributed by atoms with Gasteiger partial charge in [-0.3, -0.25) is 0 Å². The van der Waals surface area contributed by atoms with Crippen LogP contribution in [0.1, 0.15) is 30.9 Å². The van der Waals surface area contributed by atoms with Gasteiger partial charge < -0.3 is 0 Å². The van der Waals surface area contributed by atoms with E-state index in [0.717, 1.165) is 6.42 Å². The minimum atomic E-state index is 0.942. The van der Waals surface area contributed by atoms with Crippen molar-refractivity contribution in [2.75, 3.05) is 0 Å². The summed E-state index contributed by atoms with van der Waals surface area (Å²) in [5.74, 6) is 0. The molecule has 0 N–H and O–H groups in total. The van der Waals surface area contributed by atoms with Crippen LogP contribution in [0.4, 0.5) is 0 Å². The summed E-state index contributed by atoms with van der Waals surface area (Å²) in [7, 11) is 0. The van der Waals surface area contributed by atoms with E-state index in [-0.39, 0.29) is 0 Å². The third-order valence-electron chi connectivity index (χ3n) is 2.32. The van der Waals surface area contributed by atoms with E-state index in [4.69, 9.17) is 0 Å². The van der Waals surface area contributed by atoms with Gasteiger partial charge in [-0.15, -0.1) is 5.73 Å². The summed E-state index contributed by atoms with van der Waals surface area (Å²) in [6.07, 6.45) is 6.65. The normalized spacial score (nSPS) is 9.50. The fourth-order valence-electron chi connectivity index (χ4n) is 1.41. The number of benzene rings is 1. The zero-order valence-electron chi connectivity index (χ0n) is 8.92. The van der Waals surface area contributed by atoms with Crippen molar-refractivity contribution in [1.82, 2.24) is 0 Å². The van der Waals surface area contributed by atoms with Gasteiger partial charge in [0.25, 0.3) is 0 Å². The Morgan fingerprint density at radius 1 is 1.21 bits per heavy atom. The van der Waals surface area contributed by atoms with Gasteiger partial charge in [-0.1, -0.05) is 44.2 Å². The molecule has 0 aromatic heterocycles. The Morgan fingerprint density at radius 2 is 1.86 bits per heavy atom. The van der Waals surface area contributed by atoms with E-state index in [1.165, 1.54) is 30.4 Å². The van der Waals surface area contributed by atoms with Gasteiger partial charge in [0.1, 0.15) is 0 Å². The minimum absolute atomic E-state index is 0.942. The van der Waals surface area contributed by atoms with Gasteiger partial charge in [0.2, 0.25) is 0 Å². The van der Waals surface area contributed by atoms with Crippen molar-refractivity contribution in [1.29, 1.82) is 0 Å². The van der Waals surface area contributed by atoms with Gasteiger partial charge in [-0.05, 0) is 36.5 Å². The fourth-order valence-corrected chi connectivity index (χ4v) is 1.41. The first-order valence-electron chi connectivity index (χ1n) is 5.29. The number of aryl methyl sites for hydroxylation is 1. The lowest BCUT2D eigenvalue weighted by Crippen LogP contribution is -1.86. The Hall–Kier alpha value is -1.26. The molecule has 0 aliphatic carbocycles. The second-order valence-electron chi connectivity index (χ2n) is 3.53. The molecule has 1 rings (SSSR count). The maximum absolute atomic E-state index is 3.55.